The molecule has 1 aromatic rings. The van der Waals surface area contributed by atoms with Crippen LogP contribution in [-0.2, 0) is 0 Å². The predicted molar refractivity (Wildman–Crippen MR) is 73.6 cm³/mol. The number of carbonyl (C=O) groups excluding carboxylic acids is 1. The molecule has 2 amide bonds. The summed E-state index contributed by atoms with van der Waals surface area (Å²) in [5, 5.41) is 10.4. The fourth-order valence-corrected chi connectivity index (χ4v) is 2.53. The second-order valence-electron chi connectivity index (χ2n) is 5.45. The molecule has 0 aliphatic carbocycles. The van der Waals surface area contributed by atoms with Crippen molar-refractivity contribution in [3.05, 3.63) is 35.4 Å². The van der Waals surface area contributed by atoms with Gasteiger partial charge in [-0.15, -0.1) is 0 Å². The first-order valence-corrected chi connectivity index (χ1v) is 7.19. The Morgan fingerprint density at radius 1 is 1.25 bits per heavy atom. The monoisotopic (exact) mass is 347 g/mol. The van der Waals surface area contributed by atoms with Crippen LogP contribution in [0.4, 0.5) is 26.7 Å². The molecule has 4 nitrogen and oxygen atoms in total. The number of piperidine rings is 1. The zero-order valence-corrected chi connectivity index (χ0v) is 12.4. The summed E-state index contributed by atoms with van der Waals surface area (Å²) >= 11 is 0. The highest BCUT2D eigenvalue weighted by Gasteiger charge is 2.45. The molecule has 1 N–H and O–H groups in total. The molecule has 1 fully saturated rings. The summed E-state index contributed by atoms with van der Waals surface area (Å²) in [6.07, 6.45) is -4.38. The highest BCUT2D eigenvalue weighted by Crippen LogP contribution is 2.35. The molecule has 1 heterocycles. The van der Waals surface area contributed by atoms with Crippen molar-refractivity contribution in [3.8, 4) is 6.07 Å². The molecule has 1 aliphatic heterocycles. The van der Waals surface area contributed by atoms with Crippen LogP contribution >= 0.6 is 0 Å². The molecule has 1 aliphatic rings. The van der Waals surface area contributed by atoms with Gasteiger partial charge in [-0.3, -0.25) is 0 Å². The van der Waals surface area contributed by atoms with Crippen molar-refractivity contribution in [1.29, 1.82) is 5.26 Å². The van der Waals surface area contributed by atoms with Crippen LogP contribution in [0.2, 0.25) is 0 Å². The van der Waals surface area contributed by atoms with Gasteiger partial charge in [0.1, 0.15) is 11.6 Å². The number of nitrogens with zero attached hydrogens (tertiary/aromatic N) is 2. The van der Waals surface area contributed by atoms with Gasteiger partial charge in [0.25, 0.3) is 0 Å². The van der Waals surface area contributed by atoms with E-state index in [4.69, 9.17) is 5.26 Å². The van der Waals surface area contributed by atoms with Crippen LogP contribution in [0.3, 0.4) is 0 Å². The van der Waals surface area contributed by atoms with Crippen LogP contribution in [0, 0.1) is 28.9 Å². The highest BCUT2D eigenvalue weighted by atomic mass is 19.4. The lowest BCUT2D eigenvalue weighted by atomic mass is 9.99. The number of halogens is 5. The normalized spacial score (nSPS) is 17.2. The van der Waals surface area contributed by atoms with Crippen molar-refractivity contribution in [2.24, 2.45) is 5.92 Å². The number of benzene rings is 1. The van der Waals surface area contributed by atoms with E-state index in [-0.39, 0.29) is 19.0 Å². The van der Waals surface area contributed by atoms with E-state index in [1.165, 1.54) is 0 Å². The number of hydrogen-bond acceptors (Lipinski definition) is 2. The van der Waals surface area contributed by atoms with Crippen LogP contribution in [0.1, 0.15) is 24.4 Å². The minimum atomic E-state index is -5.07. The van der Waals surface area contributed by atoms with Crippen LogP contribution in [0.15, 0.2) is 18.2 Å². The summed E-state index contributed by atoms with van der Waals surface area (Å²) in [7, 11) is 0. The van der Waals surface area contributed by atoms with E-state index < -0.39 is 35.4 Å². The quantitative estimate of drug-likeness (QED) is 0.833. The van der Waals surface area contributed by atoms with Crippen LogP contribution < -0.4 is 5.32 Å². The maximum absolute atomic E-state index is 13.7. The van der Waals surface area contributed by atoms with Gasteiger partial charge in [0.15, 0.2) is 6.04 Å². The van der Waals surface area contributed by atoms with Gasteiger partial charge in [-0.25, -0.2) is 13.6 Å². The van der Waals surface area contributed by atoms with E-state index in [0.717, 1.165) is 11.0 Å². The van der Waals surface area contributed by atoms with Crippen molar-refractivity contribution >= 4 is 6.03 Å². The highest BCUT2D eigenvalue weighted by molar-refractivity contribution is 5.75. The largest absolute Gasteiger partial charge is 0.413 e. The van der Waals surface area contributed by atoms with Gasteiger partial charge in [0, 0.05) is 19.0 Å². The molecule has 0 bridgehead atoms. The summed E-state index contributed by atoms with van der Waals surface area (Å²) in [5.74, 6) is -3.03. The third kappa shape index (κ3) is 3.93. The number of hydrogen-bond donors (Lipinski definition) is 1. The maximum atomic E-state index is 13.7. The average molecular weight is 347 g/mol. The van der Waals surface area contributed by atoms with Gasteiger partial charge >= 0.3 is 12.2 Å². The summed E-state index contributed by atoms with van der Waals surface area (Å²) in [4.78, 5) is 13.1. The molecule has 1 saturated heterocycles. The Morgan fingerprint density at radius 2 is 1.79 bits per heavy atom. The number of alkyl halides is 3. The number of amides is 2. The van der Waals surface area contributed by atoms with E-state index >= 15 is 0 Å². The molecule has 0 aromatic heterocycles. The smallest absolute Gasteiger partial charge is 0.325 e. The van der Waals surface area contributed by atoms with Gasteiger partial charge in [-0.1, -0.05) is 6.07 Å². The van der Waals surface area contributed by atoms with Gasteiger partial charge in [-0.2, -0.15) is 18.4 Å². The average Bonchev–Trinajstić information content (AvgIpc) is 2.52. The molecule has 0 saturated carbocycles. The Morgan fingerprint density at radius 3 is 2.25 bits per heavy atom. The lowest BCUT2D eigenvalue weighted by Gasteiger charge is -2.31. The number of likely N-dealkylation sites (tertiary alicyclic amines) is 1. The fourth-order valence-electron chi connectivity index (χ4n) is 2.53. The SMILES string of the molecule is N#CC1CCN(C(=O)N[C@H](c2c(F)cccc2F)C(F)(F)F)CC1. The Labute approximate surface area is 134 Å². The second kappa shape index (κ2) is 7.03. The number of nitriles is 1. The van der Waals surface area contributed by atoms with Gasteiger partial charge in [0.05, 0.1) is 11.6 Å². The molecule has 1 aromatic carbocycles. The minimum Gasteiger partial charge on any atom is -0.325 e. The first-order valence-electron chi connectivity index (χ1n) is 7.19. The summed E-state index contributed by atoms with van der Waals surface area (Å²) < 4.78 is 67.0. The number of rotatable bonds is 2. The van der Waals surface area contributed by atoms with Crippen molar-refractivity contribution in [1.82, 2.24) is 10.2 Å². The summed E-state index contributed by atoms with van der Waals surface area (Å²) in [6.45, 7) is 0.211. The van der Waals surface area contributed by atoms with Crippen molar-refractivity contribution in [2.75, 3.05) is 13.1 Å². The Bertz CT molecular complexity index is 627. The van der Waals surface area contributed by atoms with E-state index in [1.54, 1.807) is 5.32 Å². The third-order valence-corrected chi connectivity index (χ3v) is 3.85. The maximum Gasteiger partial charge on any atom is 0.413 e. The van der Waals surface area contributed by atoms with Crippen LogP contribution in [-0.4, -0.2) is 30.2 Å². The Balaban J connectivity index is 2.19. The third-order valence-electron chi connectivity index (χ3n) is 3.85. The minimum absolute atomic E-state index is 0.106. The standard InChI is InChI=1S/C15H14F5N3O/c16-10-2-1-3-11(17)12(10)13(15(18,19)20)22-14(24)23-6-4-9(8-21)5-7-23/h1-3,9,13H,4-7H2,(H,22,24)/t13-/m1/s1. The molecular formula is C15H14F5N3O. The van der Waals surface area contributed by atoms with Crippen molar-refractivity contribution < 1.29 is 26.7 Å². The number of carbonyl (C=O) groups is 1. The first kappa shape index (κ1) is 18.0. The molecule has 0 unspecified atom stereocenters. The zero-order valence-electron chi connectivity index (χ0n) is 12.4. The molecule has 24 heavy (non-hydrogen) atoms. The van der Waals surface area contributed by atoms with E-state index in [0.29, 0.717) is 25.0 Å². The van der Waals surface area contributed by atoms with E-state index in [9.17, 15) is 26.7 Å². The van der Waals surface area contributed by atoms with Gasteiger partial charge in [-0.05, 0) is 25.0 Å². The second-order valence-corrected chi connectivity index (χ2v) is 5.45. The molecular weight excluding hydrogens is 333 g/mol. The predicted octanol–water partition coefficient (Wildman–Crippen LogP) is 3.51. The number of nitrogens with one attached hydrogen (secondary N) is 1. The fraction of sp³-hybridized carbons (Fsp3) is 0.467. The lowest BCUT2D eigenvalue weighted by molar-refractivity contribution is -0.156. The van der Waals surface area contributed by atoms with Crippen LogP contribution in [0.25, 0.3) is 0 Å². The molecule has 0 radical (unpaired) electrons. The van der Waals surface area contributed by atoms with Gasteiger partial charge < -0.3 is 10.2 Å². The van der Waals surface area contributed by atoms with Crippen molar-refractivity contribution in [3.63, 3.8) is 0 Å². The number of urea groups is 1. The van der Waals surface area contributed by atoms with Crippen LogP contribution in [0.5, 0.6) is 0 Å². The van der Waals surface area contributed by atoms with Gasteiger partial charge in [0.2, 0.25) is 0 Å². The first-order chi connectivity index (χ1) is 11.2. The molecule has 1 atom stereocenters. The zero-order chi connectivity index (χ0) is 17.9. The molecule has 130 valence electrons. The molecule has 9 heteroatoms. The molecule has 2 rings (SSSR count). The Kier molecular flexibility index (Phi) is 5.26. The van der Waals surface area contributed by atoms with Crippen molar-refractivity contribution in [2.45, 2.75) is 25.1 Å². The Hall–Kier alpha value is -2.37. The summed E-state index contributed by atoms with van der Waals surface area (Å²) in [6, 6.07) is 0.500. The van der Waals surface area contributed by atoms with E-state index in [2.05, 4.69) is 0 Å². The topological polar surface area (TPSA) is 56.1 Å². The lowest BCUT2D eigenvalue weighted by Crippen LogP contribution is -2.48. The molecule has 0 spiro atoms. The summed E-state index contributed by atoms with van der Waals surface area (Å²) in [5.41, 5.74) is -1.25. The van der Waals surface area contributed by atoms with E-state index in [1.807, 2.05) is 6.07 Å².